The Morgan fingerprint density at radius 3 is 2.48 bits per heavy atom. The van der Waals surface area contributed by atoms with E-state index in [0.29, 0.717) is 12.1 Å². The van der Waals surface area contributed by atoms with Gasteiger partial charge in [-0.3, -0.25) is 0 Å². The number of thiazole rings is 1. The van der Waals surface area contributed by atoms with Crippen molar-refractivity contribution < 1.29 is 4.39 Å². The summed E-state index contributed by atoms with van der Waals surface area (Å²) in [5.74, 6) is -0.200. The Morgan fingerprint density at radius 2 is 1.81 bits per heavy atom. The summed E-state index contributed by atoms with van der Waals surface area (Å²) in [4.78, 5) is 4.60. The van der Waals surface area contributed by atoms with Crippen LogP contribution >= 0.6 is 11.3 Å². The van der Waals surface area contributed by atoms with Gasteiger partial charge >= 0.3 is 0 Å². The zero-order valence-electron chi connectivity index (χ0n) is 11.6. The fraction of sp³-hybridized carbons (Fsp3) is 0.118. The number of halogens is 1. The molecule has 0 saturated heterocycles. The third kappa shape index (κ3) is 2.86. The summed E-state index contributed by atoms with van der Waals surface area (Å²) in [5.41, 5.74) is 9.99. The monoisotopic (exact) mass is 298 g/mol. The molecule has 0 bridgehead atoms. The van der Waals surface area contributed by atoms with Gasteiger partial charge in [0.25, 0.3) is 0 Å². The number of aromatic nitrogens is 1. The quantitative estimate of drug-likeness (QED) is 0.779. The average Bonchev–Trinajstić information content (AvgIpc) is 3.00. The molecule has 2 aromatic carbocycles. The maximum absolute atomic E-state index is 13.6. The molecule has 0 aliphatic heterocycles. The minimum atomic E-state index is -0.200. The smallest absolute Gasteiger partial charge is 0.126 e. The van der Waals surface area contributed by atoms with Crippen molar-refractivity contribution in [3.63, 3.8) is 0 Å². The molecule has 0 unspecified atom stereocenters. The van der Waals surface area contributed by atoms with E-state index < -0.39 is 0 Å². The van der Waals surface area contributed by atoms with Gasteiger partial charge in [-0.05, 0) is 24.1 Å². The predicted octanol–water partition coefficient (Wildman–Crippen LogP) is 4.38. The molecule has 0 aliphatic rings. The van der Waals surface area contributed by atoms with Crippen LogP contribution in [0.1, 0.15) is 11.1 Å². The summed E-state index contributed by atoms with van der Waals surface area (Å²) in [5, 5.41) is 2.88. The Kier molecular flexibility index (Phi) is 3.82. The van der Waals surface area contributed by atoms with Crippen molar-refractivity contribution in [2.45, 2.75) is 13.5 Å². The van der Waals surface area contributed by atoms with Crippen molar-refractivity contribution in [3.8, 4) is 21.8 Å². The van der Waals surface area contributed by atoms with Gasteiger partial charge in [0.2, 0.25) is 0 Å². The highest BCUT2D eigenvalue weighted by atomic mass is 32.1. The Morgan fingerprint density at radius 1 is 1.10 bits per heavy atom. The Labute approximate surface area is 127 Å². The van der Waals surface area contributed by atoms with Gasteiger partial charge in [0, 0.05) is 23.1 Å². The van der Waals surface area contributed by atoms with Crippen molar-refractivity contribution in [2.75, 3.05) is 0 Å². The molecule has 3 aromatic rings. The predicted molar refractivity (Wildman–Crippen MR) is 85.6 cm³/mol. The van der Waals surface area contributed by atoms with E-state index in [9.17, 15) is 4.39 Å². The summed E-state index contributed by atoms with van der Waals surface area (Å²) in [6, 6.07) is 13.2. The van der Waals surface area contributed by atoms with Crippen LogP contribution in [0.5, 0.6) is 0 Å². The molecule has 3 rings (SSSR count). The van der Waals surface area contributed by atoms with Crippen molar-refractivity contribution in [2.24, 2.45) is 5.73 Å². The van der Waals surface area contributed by atoms with Crippen molar-refractivity contribution in [1.82, 2.24) is 4.98 Å². The second-order valence-corrected chi connectivity index (χ2v) is 5.76. The number of aryl methyl sites for hydroxylation is 1. The first-order chi connectivity index (χ1) is 10.2. The van der Waals surface area contributed by atoms with Crippen LogP contribution in [0.4, 0.5) is 4.39 Å². The molecule has 0 aliphatic carbocycles. The van der Waals surface area contributed by atoms with Gasteiger partial charge in [-0.2, -0.15) is 0 Å². The summed E-state index contributed by atoms with van der Waals surface area (Å²) >= 11 is 1.56. The van der Waals surface area contributed by atoms with E-state index in [1.54, 1.807) is 24.3 Å². The van der Waals surface area contributed by atoms with E-state index in [1.165, 1.54) is 6.07 Å². The third-order valence-electron chi connectivity index (χ3n) is 3.41. The molecule has 2 N–H and O–H groups in total. The lowest BCUT2D eigenvalue weighted by atomic mass is 10.1. The van der Waals surface area contributed by atoms with E-state index >= 15 is 0 Å². The van der Waals surface area contributed by atoms with E-state index in [1.807, 2.05) is 35.7 Å². The zero-order chi connectivity index (χ0) is 14.8. The van der Waals surface area contributed by atoms with Crippen LogP contribution in [0.25, 0.3) is 21.8 Å². The maximum Gasteiger partial charge on any atom is 0.126 e. The van der Waals surface area contributed by atoms with E-state index in [2.05, 4.69) is 4.98 Å². The highest BCUT2D eigenvalue weighted by molar-refractivity contribution is 7.13. The second-order valence-electron chi connectivity index (χ2n) is 4.90. The number of hydrogen-bond acceptors (Lipinski definition) is 3. The Hall–Kier alpha value is -2.04. The molecule has 0 radical (unpaired) electrons. The van der Waals surface area contributed by atoms with Gasteiger partial charge in [-0.15, -0.1) is 11.3 Å². The lowest BCUT2D eigenvalue weighted by Gasteiger charge is -2.00. The van der Waals surface area contributed by atoms with Gasteiger partial charge in [0.15, 0.2) is 0 Å². The molecule has 0 amide bonds. The highest BCUT2D eigenvalue weighted by Crippen LogP contribution is 2.29. The average molecular weight is 298 g/mol. The molecule has 1 heterocycles. The van der Waals surface area contributed by atoms with Gasteiger partial charge < -0.3 is 5.73 Å². The van der Waals surface area contributed by atoms with Crippen LogP contribution in [0.15, 0.2) is 47.8 Å². The number of nitrogens with two attached hydrogens (primary N) is 1. The number of rotatable bonds is 3. The van der Waals surface area contributed by atoms with E-state index in [-0.39, 0.29) is 5.82 Å². The van der Waals surface area contributed by atoms with Gasteiger partial charge in [0.1, 0.15) is 10.8 Å². The standard InChI is InChI=1S/C17H15FN2S/c1-11-2-5-14(8-15(11)18)16-10-21-17(20-16)13-6-3-12(9-19)4-7-13/h2-8,10H,9,19H2,1H3. The first kappa shape index (κ1) is 13.9. The van der Waals surface area contributed by atoms with E-state index in [0.717, 1.165) is 27.4 Å². The lowest BCUT2D eigenvalue weighted by molar-refractivity contribution is 0.619. The Balaban J connectivity index is 1.93. The fourth-order valence-electron chi connectivity index (χ4n) is 2.07. The van der Waals surface area contributed by atoms with Crippen LogP contribution in [0, 0.1) is 12.7 Å². The largest absolute Gasteiger partial charge is 0.326 e. The molecular weight excluding hydrogens is 283 g/mol. The van der Waals surface area contributed by atoms with Crippen molar-refractivity contribution in [3.05, 3.63) is 64.8 Å². The third-order valence-corrected chi connectivity index (χ3v) is 4.30. The summed E-state index contributed by atoms with van der Waals surface area (Å²) < 4.78 is 13.6. The number of nitrogens with zero attached hydrogens (tertiary/aromatic N) is 1. The summed E-state index contributed by atoms with van der Waals surface area (Å²) in [7, 11) is 0. The Bertz CT molecular complexity index is 763. The van der Waals surface area contributed by atoms with Crippen LogP contribution in [-0.2, 0) is 6.54 Å². The topological polar surface area (TPSA) is 38.9 Å². The maximum atomic E-state index is 13.6. The van der Waals surface area contributed by atoms with Crippen LogP contribution in [0.3, 0.4) is 0 Å². The molecular formula is C17H15FN2S. The molecule has 4 heteroatoms. The first-order valence-corrected chi connectivity index (χ1v) is 7.57. The van der Waals surface area contributed by atoms with E-state index in [4.69, 9.17) is 5.73 Å². The van der Waals surface area contributed by atoms with Crippen molar-refractivity contribution >= 4 is 11.3 Å². The molecule has 1 aromatic heterocycles. The molecule has 0 spiro atoms. The SMILES string of the molecule is Cc1ccc(-c2csc(-c3ccc(CN)cc3)n2)cc1F. The van der Waals surface area contributed by atoms with Gasteiger partial charge in [-0.1, -0.05) is 36.4 Å². The van der Waals surface area contributed by atoms with Crippen LogP contribution in [-0.4, -0.2) is 4.98 Å². The second kappa shape index (κ2) is 5.76. The van der Waals surface area contributed by atoms with Gasteiger partial charge in [0.05, 0.1) is 5.69 Å². The fourth-order valence-corrected chi connectivity index (χ4v) is 2.91. The molecule has 21 heavy (non-hydrogen) atoms. The molecule has 2 nitrogen and oxygen atoms in total. The minimum Gasteiger partial charge on any atom is -0.326 e. The van der Waals surface area contributed by atoms with Crippen molar-refractivity contribution in [1.29, 1.82) is 0 Å². The molecule has 0 fully saturated rings. The molecule has 0 saturated carbocycles. The summed E-state index contributed by atoms with van der Waals surface area (Å²) in [6.45, 7) is 2.29. The zero-order valence-corrected chi connectivity index (χ0v) is 12.5. The number of hydrogen-bond donors (Lipinski definition) is 1. The normalized spacial score (nSPS) is 10.8. The first-order valence-electron chi connectivity index (χ1n) is 6.69. The molecule has 0 atom stereocenters. The van der Waals surface area contributed by atoms with Gasteiger partial charge in [-0.25, -0.2) is 9.37 Å². The highest BCUT2D eigenvalue weighted by Gasteiger charge is 2.08. The minimum absolute atomic E-state index is 0.200. The number of benzene rings is 2. The van der Waals surface area contributed by atoms with Crippen LogP contribution in [0.2, 0.25) is 0 Å². The summed E-state index contributed by atoms with van der Waals surface area (Å²) in [6.07, 6.45) is 0. The molecule has 106 valence electrons. The lowest BCUT2D eigenvalue weighted by Crippen LogP contribution is -1.95. The van der Waals surface area contributed by atoms with Crippen LogP contribution < -0.4 is 5.73 Å².